The number of aryl methyl sites for hydroxylation is 1. The van der Waals surface area contributed by atoms with E-state index in [0.29, 0.717) is 0 Å². The summed E-state index contributed by atoms with van der Waals surface area (Å²) in [6.07, 6.45) is 3.52. The quantitative estimate of drug-likeness (QED) is 0.559. The number of hydrogen-bond acceptors (Lipinski definition) is 3. The number of fused-ring (bicyclic) bond motifs is 2. The number of nitrogens with one attached hydrogen (secondary N) is 1. The van der Waals surface area contributed by atoms with Crippen LogP contribution in [0.2, 0.25) is 0 Å². The summed E-state index contributed by atoms with van der Waals surface area (Å²) in [5, 5.41) is 22.8. The largest absolute Gasteiger partial charge is 0.411 e. The highest BCUT2D eigenvalue weighted by Gasteiger charge is 2.23. The highest BCUT2D eigenvalue weighted by atomic mass is 16.4. The predicted octanol–water partition coefficient (Wildman–Crippen LogP) is 3.67. The van der Waals surface area contributed by atoms with Crippen molar-refractivity contribution >= 4 is 16.5 Å². The topological polar surface area (TPSA) is 61.3 Å². The van der Waals surface area contributed by atoms with Crippen LogP contribution in [0.25, 0.3) is 10.8 Å². The van der Waals surface area contributed by atoms with Crippen molar-refractivity contribution in [3.63, 3.8) is 0 Å². The number of aromatic nitrogens is 2. The predicted molar refractivity (Wildman–Crippen MR) is 86.6 cm³/mol. The van der Waals surface area contributed by atoms with Gasteiger partial charge in [-0.25, -0.2) is 0 Å². The van der Waals surface area contributed by atoms with E-state index in [0.717, 1.165) is 48.3 Å². The first-order valence-corrected chi connectivity index (χ1v) is 7.61. The van der Waals surface area contributed by atoms with Gasteiger partial charge in [-0.2, -0.15) is 5.10 Å². The van der Waals surface area contributed by atoms with Crippen LogP contribution in [0.15, 0.2) is 47.6 Å². The number of aromatic amines is 1. The Morgan fingerprint density at radius 3 is 2.86 bits per heavy atom. The third-order valence-electron chi connectivity index (χ3n) is 4.40. The van der Waals surface area contributed by atoms with Crippen molar-refractivity contribution in [1.29, 1.82) is 0 Å². The fraction of sp³-hybridized carbons (Fsp3) is 0.222. The molecule has 0 radical (unpaired) electrons. The van der Waals surface area contributed by atoms with Gasteiger partial charge in [-0.1, -0.05) is 47.6 Å². The van der Waals surface area contributed by atoms with E-state index in [2.05, 4.69) is 57.8 Å². The lowest BCUT2D eigenvalue weighted by atomic mass is 9.91. The van der Waals surface area contributed by atoms with Gasteiger partial charge in [0.1, 0.15) is 0 Å². The normalized spacial score (nSPS) is 16.1. The number of H-pyrrole nitrogens is 1. The van der Waals surface area contributed by atoms with Crippen molar-refractivity contribution in [3.8, 4) is 0 Å². The Kier molecular flexibility index (Phi) is 3.15. The molecule has 0 aliphatic heterocycles. The first-order chi connectivity index (χ1) is 10.9. The fourth-order valence-corrected chi connectivity index (χ4v) is 3.36. The van der Waals surface area contributed by atoms with Crippen LogP contribution >= 0.6 is 0 Å². The van der Waals surface area contributed by atoms with Crippen LogP contribution in [0.4, 0.5) is 0 Å². The molecule has 4 heteroatoms. The number of rotatable bonds is 2. The highest BCUT2D eigenvalue weighted by Crippen LogP contribution is 2.27. The van der Waals surface area contributed by atoms with Crippen LogP contribution in [0.3, 0.4) is 0 Å². The van der Waals surface area contributed by atoms with E-state index >= 15 is 0 Å². The van der Waals surface area contributed by atoms with Gasteiger partial charge < -0.3 is 5.21 Å². The molecule has 0 saturated carbocycles. The third-order valence-corrected chi connectivity index (χ3v) is 4.40. The van der Waals surface area contributed by atoms with Crippen LogP contribution in [-0.2, 0) is 12.8 Å². The molecule has 2 N–H and O–H groups in total. The molecule has 0 bridgehead atoms. The molecule has 0 amide bonds. The van der Waals surface area contributed by atoms with E-state index < -0.39 is 0 Å². The zero-order chi connectivity index (χ0) is 14.9. The van der Waals surface area contributed by atoms with Crippen LogP contribution in [-0.4, -0.2) is 21.1 Å². The highest BCUT2D eigenvalue weighted by molar-refractivity contribution is 6.03. The van der Waals surface area contributed by atoms with Gasteiger partial charge in [-0.3, -0.25) is 5.10 Å². The van der Waals surface area contributed by atoms with Gasteiger partial charge in [0.2, 0.25) is 0 Å². The van der Waals surface area contributed by atoms with Crippen LogP contribution in [0.5, 0.6) is 0 Å². The smallest absolute Gasteiger partial charge is 0.0905 e. The van der Waals surface area contributed by atoms with E-state index in [-0.39, 0.29) is 0 Å². The van der Waals surface area contributed by atoms with Crippen molar-refractivity contribution < 1.29 is 5.21 Å². The van der Waals surface area contributed by atoms with Crippen molar-refractivity contribution in [1.82, 2.24) is 10.2 Å². The second-order valence-corrected chi connectivity index (χ2v) is 5.74. The molecule has 1 aromatic heterocycles. The number of hydrogen-bond donors (Lipinski definition) is 2. The Hall–Kier alpha value is -2.62. The van der Waals surface area contributed by atoms with Gasteiger partial charge in [0.05, 0.1) is 11.4 Å². The summed E-state index contributed by atoms with van der Waals surface area (Å²) in [6.45, 7) is 0. The molecular weight excluding hydrogens is 274 g/mol. The second-order valence-electron chi connectivity index (χ2n) is 5.74. The standard InChI is InChI=1S/C18H17N3O/c22-21-16-10-4-9-15-18(16)17(20-19-15)11-13-7-3-6-12-5-1-2-8-14(12)13/h1-3,5-8,22H,4,9-11H2,(H,19,20)/b21-16+. The van der Waals surface area contributed by atoms with E-state index in [1.54, 1.807) is 0 Å². The van der Waals surface area contributed by atoms with Crippen molar-refractivity contribution in [2.45, 2.75) is 25.7 Å². The molecule has 110 valence electrons. The average molecular weight is 291 g/mol. The Morgan fingerprint density at radius 1 is 1.09 bits per heavy atom. The van der Waals surface area contributed by atoms with Gasteiger partial charge in [0.15, 0.2) is 0 Å². The van der Waals surface area contributed by atoms with Gasteiger partial charge in [-0.15, -0.1) is 0 Å². The molecule has 4 rings (SSSR count). The average Bonchev–Trinajstić information content (AvgIpc) is 2.98. The lowest BCUT2D eigenvalue weighted by molar-refractivity contribution is 0.317. The molecule has 4 nitrogen and oxygen atoms in total. The lowest BCUT2D eigenvalue weighted by Crippen LogP contribution is -2.12. The van der Waals surface area contributed by atoms with Gasteiger partial charge in [0, 0.05) is 17.7 Å². The molecular formula is C18H17N3O. The molecule has 1 heterocycles. The molecule has 0 fully saturated rings. The monoisotopic (exact) mass is 291 g/mol. The van der Waals surface area contributed by atoms with Crippen LogP contribution in [0.1, 0.15) is 35.4 Å². The minimum atomic E-state index is 0.742. The molecule has 1 aliphatic carbocycles. The maximum Gasteiger partial charge on any atom is 0.0905 e. The van der Waals surface area contributed by atoms with E-state index in [1.165, 1.54) is 16.3 Å². The summed E-state index contributed by atoms with van der Waals surface area (Å²) in [6, 6.07) is 14.7. The number of benzene rings is 2. The number of oxime groups is 1. The van der Waals surface area contributed by atoms with Gasteiger partial charge in [0.25, 0.3) is 0 Å². The van der Waals surface area contributed by atoms with E-state index in [1.807, 2.05) is 0 Å². The fourth-order valence-electron chi connectivity index (χ4n) is 3.36. The first kappa shape index (κ1) is 13.1. The summed E-state index contributed by atoms with van der Waals surface area (Å²) in [5.74, 6) is 0. The summed E-state index contributed by atoms with van der Waals surface area (Å²) < 4.78 is 0. The van der Waals surface area contributed by atoms with Crippen LogP contribution < -0.4 is 0 Å². The Bertz CT molecular complexity index is 858. The molecule has 22 heavy (non-hydrogen) atoms. The zero-order valence-electron chi connectivity index (χ0n) is 12.2. The van der Waals surface area contributed by atoms with Crippen molar-refractivity contribution in [3.05, 3.63) is 65.0 Å². The lowest BCUT2D eigenvalue weighted by Gasteiger charge is -2.13. The van der Waals surface area contributed by atoms with Gasteiger partial charge >= 0.3 is 0 Å². The molecule has 0 unspecified atom stereocenters. The summed E-state index contributed by atoms with van der Waals surface area (Å²) in [4.78, 5) is 0. The Morgan fingerprint density at radius 2 is 1.95 bits per heavy atom. The maximum atomic E-state index is 9.26. The molecule has 0 saturated heterocycles. The Labute approximate surface area is 128 Å². The molecule has 3 aromatic rings. The minimum Gasteiger partial charge on any atom is -0.411 e. The molecule has 0 spiro atoms. The molecule has 2 aromatic carbocycles. The van der Waals surface area contributed by atoms with Crippen molar-refractivity contribution in [2.24, 2.45) is 5.16 Å². The SMILES string of the molecule is O/N=C1\CCCc2[nH]nc(Cc3cccc4ccccc34)c21. The van der Waals surface area contributed by atoms with Crippen molar-refractivity contribution in [2.75, 3.05) is 0 Å². The van der Waals surface area contributed by atoms with E-state index in [9.17, 15) is 5.21 Å². The first-order valence-electron chi connectivity index (χ1n) is 7.61. The zero-order valence-corrected chi connectivity index (χ0v) is 12.2. The molecule has 1 aliphatic rings. The second kappa shape index (κ2) is 5.30. The van der Waals surface area contributed by atoms with E-state index in [4.69, 9.17) is 0 Å². The summed E-state index contributed by atoms with van der Waals surface area (Å²) in [5.41, 5.74) is 5.08. The Balaban J connectivity index is 1.80. The van der Waals surface area contributed by atoms with Crippen LogP contribution in [0, 0.1) is 0 Å². The number of nitrogens with zero attached hydrogens (tertiary/aromatic N) is 2. The summed E-state index contributed by atoms with van der Waals surface area (Å²) in [7, 11) is 0. The summed E-state index contributed by atoms with van der Waals surface area (Å²) >= 11 is 0. The van der Waals surface area contributed by atoms with Gasteiger partial charge in [-0.05, 0) is 35.6 Å². The maximum absolute atomic E-state index is 9.26. The molecule has 0 atom stereocenters. The minimum absolute atomic E-state index is 0.742. The third kappa shape index (κ3) is 2.08.